The summed E-state index contributed by atoms with van der Waals surface area (Å²) in [5.74, 6) is 0.0614. The first-order valence-corrected chi connectivity index (χ1v) is 8.58. The lowest BCUT2D eigenvalue weighted by atomic mass is 9.47. The van der Waals surface area contributed by atoms with Crippen molar-refractivity contribution in [3.05, 3.63) is 23.8 Å². The van der Waals surface area contributed by atoms with Gasteiger partial charge in [0.1, 0.15) is 12.0 Å². The van der Waals surface area contributed by atoms with E-state index in [9.17, 15) is 19.1 Å². The zero-order valence-corrected chi connectivity index (χ0v) is 13.6. The largest absolute Gasteiger partial charge is 0.393 e. The minimum atomic E-state index is -1.17. The molecule has 0 saturated heterocycles. The third-order valence-electron chi connectivity index (χ3n) is 7.19. The summed E-state index contributed by atoms with van der Waals surface area (Å²) in [5.41, 5.74) is -0.618. The summed E-state index contributed by atoms with van der Waals surface area (Å²) >= 11 is 0. The monoisotopic (exact) mass is 318 g/mol. The van der Waals surface area contributed by atoms with Gasteiger partial charge in [-0.3, -0.25) is 9.59 Å². The first kappa shape index (κ1) is 15.3. The second-order valence-electron chi connectivity index (χ2n) is 8.27. The molecule has 4 heteroatoms. The fourth-order valence-corrected chi connectivity index (χ4v) is 6.11. The highest BCUT2D eigenvalue weighted by Gasteiger charge is 2.63. The molecular weight excluding hydrogens is 295 g/mol. The van der Waals surface area contributed by atoms with Gasteiger partial charge in [-0.05, 0) is 48.8 Å². The van der Waals surface area contributed by atoms with Crippen LogP contribution in [0.15, 0.2) is 23.8 Å². The number of rotatable bonds is 0. The third-order valence-corrected chi connectivity index (χ3v) is 7.19. The van der Waals surface area contributed by atoms with Crippen LogP contribution in [-0.4, -0.2) is 28.9 Å². The van der Waals surface area contributed by atoms with Crippen molar-refractivity contribution in [1.29, 1.82) is 0 Å². The van der Waals surface area contributed by atoms with Gasteiger partial charge in [0.2, 0.25) is 0 Å². The quantitative estimate of drug-likeness (QED) is 0.747. The molecule has 23 heavy (non-hydrogen) atoms. The molecule has 0 aliphatic heterocycles. The Morgan fingerprint density at radius 1 is 1.30 bits per heavy atom. The number of fused-ring (bicyclic) bond motifs is 5. The zero-order valence-electron chi connectivity index (χ0n) is 13.6. The molecule has 3 saturated carbocycles. The highest BCUT2D eigenvalue weighted by atomic mass is 19.1. The summed E-state index contributed by atoms with van der Waals surface area (Å²) < 4.78 is 14.9. The molecule has 3 nitrogen and oxygen atoms in total. The van der Waals surface area contributed by atoms with Gasteiger partial charge in [0.25, 0.3) is 0 Å². The van der Waals surface area contributed by atoms with Gasteiger partial charge in [0.05, 0.1) is 6.10 Å². The fourth-order valence-electron chi connectivity index (χ4n) is 6.11. The molecule has 0 aromatic rings. The van der Waals surface area contributed by atoms with Crippen LogP contribution in [0.4, 0.5) is 4.39 Å². The summed E-state index contributed by atoms with van der Waals surface area (Å²) in [6.45, 7) is 3.89. The van der Waals surface area contributed by atoms with Gasteiger partial charge in [-0.25, -0.2) is 4.39 Å². The number of aliphatic hydroxyl groups is 1. The maximum Gasteiger partial charge on any atom is 0.178 e. The van der Waals surface area contributed by atoms with Crippen LogP contribution < -0.4 is 0 Å². The van der Waals surface area contributed by atoms with E-state index in [1.807, 2.05) is 13.8 Å². The van der Waals surface area contributed by atoms with Gasteiger partial charge in [0, 0.05) is 23.2 Å². The Morgan fingerprint density at radius 3 is 2.78 bits per heavy atom. The average molecular weight is 318 g/mol. The predicted octanol–water partition coefficient (Wildman–Crippen LogP) is 2.78. The van der Waals surface area contributed by atoms with E-state index in [4.69, 9.17) is 0 Å². The number of hydrogen-bond acceptors (Lipinski definition) is 3. The van der Waals surface area contributed by atoms with Crippen LogP contribution in [0.1, 0.15) is 39.5 Å². The number of carbonyl (C=O) groups excluding carboxylic acids is 2. The Balaban J connectivity index is 1.81. The van der Waals surface area contributed by atoms with Gasteiger partial charge >= 0.3 is 0 Å². The number of carbonyl (C=O) groups is 2. The van der Waals surface area contributed by atoms with Crippen LogP contribution in [0.2, 0.25) is 0 Å². The summed E-state index contributed by atoms with van der Waals surface area (Å²) in [5, 5.41) is 10.9. The van der Waals surface area contributed by atoms with Gasteiger partial charge < -0.3 is 5.11 Å². The van der Waals surface area contributed by atoms with Crippen molar-refractivity contribution in [2.24, 2.45) is 28.6 Å². The van der Waals surface area contributed by atoms with Crippen molar-refractivity contribution in [2.75, 3.05) is 0 Å². The molecule has 0 unspecified atom stereocenters. The van der Waals surface area contributed by atoms with Gasteiger partial charge in [-0.1, -0.05) is 19.9 Å². The molecule has 0 heterocycles. The van der Waals surface area contributed by atoms with Crippen LogP contribution in [0, 0.1) is 28.6 Å². The molecule has 124 valence electrons. The van der Waals surface area contributed by atoms with Crippen molar-refractivity contribution in [1.82, 2.24) is 0 Å². The molecule has 0 bridgehead atoms. The maximum atomic E-state index is 14.9. The Bertz CT molecular complexity index is 651. The van der Waals surface area contributed by atoms with Crippen LogP contribution >= 0.6 is 0 Å². The van der Waals surface area contributed by atoms with E-state index in [-0.39, 0.29) is 29.3 Å². The smallest absolute Gasteiger partial charge is 0.178 e. The third kappa shape index (κ3) is 1.84. The van der Waals surface area contributed by atoms with Crippen molar-refractivity contribution in [2.45, 2.75) is 51.8 Å². The highest BCUT2D eigenvalue weighted by Crippen LogP contribution is 2.63. The van der Waals surface area contributed by atoms with Crippen LogP contribution in [0.3, 0.4) is 0 Å². The van der Waals surface area contributed by atoms with Gasteiger partial charge in [-0.2, -0.15) is 0 Å². The van der Waals surface area contributed by atoms with Gasteiger partial charge in [-0.15, -0.1) is 0 Å². The minimum absolute atomic E-state index is 0.00907. The van der Waals surface area contributed by atoms with E-state index < -0.39 is 23.1 Å². The molecule has 0 aromatic carbocycles. The normalized spacial score (nSPS) is 51.8. The van der Waals surface area contributed by atoms with E-state index in [0.717, 1.165) is 6.42 Å². The number of ketones is 2. The number of Topliss-reactive ketones (excluding diaryl/α,β-unsaturated/α-hetero) is 1. The highest BCUT2D eigenvalue weighted by molar-refractivity contribution is 6.01. The second-order valence-corrected chi connectivity index (χ2v) is 8.27. The Labute approximate surface area is 135 Å². The van der Waals surface area contributed by atoms with E-state index in [1.54, 1.807) is 6.08 Å². The first-order valence-electron chi connectivity index (χ1n) is 8.58. The van der Waals surface area contributed by atoms with Gasteiger partial charge in [0.15, 0.2) is 5.78 Å². The number of halogens is 1. The lowest BCUT2D eigenvalue weighted by Crippen LogP contribution is -2.58. The second kappa shape index (κ2) is 4.62. The number of aliphatic hydroxyl groups excluding tert-OH is 1. The number of alkyl halides is 1. The Hall–Kier alpha value is -1.29. The SMILES string of the molecule is C[C@]12C=CC(=O)C=C1[C@@H](F)C[C@@H]1[C@@H]2[C@@H](O)C[C@]2(C)C(=O)CC[C@@H]12. The molecule has 3 fully saturated rings. The summed E-state index contributed by atoms with van der Waals surface area (Å²) in [6.07, 6.45) is 5.02. The molecule has 0 amide bonds. The van der Waals surface area contributed by atoms with Crippen molar-refractivity contribution >= 4 is 11.6 Å². The van der Waals surface area contributed by atoms with E-state index in [1.165, 1.54) is 12.2 Å². The lowest BCUT2D eigenvalue weighted by molar-refractivity contribution is -0.145. The van der Waals surface area contributed by atoms with Crippen molar-refractivity contribution < 1.29 is 19.1 Å². The molecule has 7 atom stereocenters. The molecule has 4 rings (SSSR count). The molecule has 0 spiro atoms. The van der Waals surface area contributed by atoms with Crippen LogP contribution in [-0.2, 0) is 9.59 Å². The number of hydrogen-bond donors (Lipinski definition) is 1. The Kier molecular flexibility index (Phi) is 3.07. The summed E-state index contributed by atoms with van der Waals surface area (Å²) in [4.78, 5) is 24.0. The van der Waals surface area contributed by atoms with Crippen molar-refractivity contribution in [3.63, 3.8) is 0 Å². The summed E-state index contributed by atoms with van der Waals surface area (Å²) in [6, 6.07) is 0. The lowest BCUT2D eigenvalue weighted by Gasteiger charge is -2.58. The standard InChI is InChI=1S/C19H23FO3/c1-18-6-5-10(21)7-13(18)14(20)8-11-12-3-4-16(23)19(12,2)9-15(22)17(11)18/h5-7,11-12,14-15,17,22H,3-4,8-9H2,1-2H3/t11-,12-,14-,15-,17+,18-,19-/m0/s1. The summed E-state index contributed by atoms with van der Waals surface area (Å²) in [7, 11) is 0. The maximum absolute atomic E-state index is 14.9. The molecule has 1 N–H and O–H groups in total. The van der Waals surface area contributed by atoms with Crippen LogP contribution in [0.25, 0.3) is 0 Å². The molecule has 0 aromatic heterocycles. The molecular formula is C19H23FO3. The van der Waals surface area contributed by atoms with E-state index >= 15 is 0 Å². The fraction of sp³-hybridized carbons (Fsp3) is 0.684. The number of allylic oxidation sites excluding steroid dienone is 4. The predicted molar refractivity (Wildman–Crippen MR) is 83.3 cm³/mol. The van der Waals surface area contributed by atoms with E-state index in [2.05, 4.69) is 0 Å². The molecule has 4 aliphatic rings. The Morgan fingerprint density at radius 2 is 2.04 bits per heavy atom. The van der Waals surface area contributed by atoms with Crippen LogP contribution in [0.5, 0.6) is 0 Å². The first-order chi connectivity index (χ1) is 10.8. The minimum Gasteiger partial charge on any atom is -0.393 e. The zero-order chi connectivity index (χ0) is 16.6. The van der Waals surface area contributed by atoms with Crippen molar-refractivity contribution in [3.8, 4) is 0 Å². The van der Waals surface area contributed by atoms with E-state index in [0.29, 0.717) is 24.8 Å². The average Bonchev–Trinajstić information content (AvgIpc) is 2.76. The molecule has 4 aliphatic carbocycles. The molecule has 0 radical (unpaired) electrons. The topological polar surface area (TPSA) is 54.4 Å².